The number of aryl methyl sites for hydroxylation is 2. The lowest BCUT2D eigenvalue weighted by Crippen LogP contribution is -2.12. The molecule has 4 heteroatoms. The van der Waals surface area contributed by atoms with Gasteiger partial charge in [0.15, 0.2) is 0 Å². The minimum absolute atomic E-state index is 0.598. The highest BCUT2D eigenvalue weighted by Gasteiger charge is 2.05. The van der Waals surface area contributed by atoms with Gasteiger partial charge in [0.25, 0.3) is 0 Å². The van der Waals surface area contributed by atoms with Gasteiger partial charge >= 0.3 is 0 Å². The first kappa shape index (κ1) is 13.5. The summed E-state index contributed by atoms with van der Waals surface area (Å²) in [6.07, 6.45) is 1.96. The number of hydrogen-bond donors (Lipinski definition) is 1. The summed E-state index contributed by atoms with van der Waals surface area (Å²) in [6, 6.07) is 9.66. The number of nitrogens with two attached hydrogens (primary N) is 1. The number of nitrogen functional groups attached to an aromatic ring is 1. The van der Waals surface area contributed by atoms with Crippen molar-refractivity contribution >= 4 is 5.69 Å². The minimum atomic E-state index is 0.598. The van der Waals surface area contributed by atoms with Crippen LogP contribution in [-0.4, -0.2) is 16.4 Å². The van der Waals surface area contributed by atoms with Crippen LogP contribution in [-0.2, 0) is 19.4 Å². The molecule has 0 saturated heterocycles. The second-order valence-corrected chi connectivity index (χ2v) is 4.48. The third-order valence-corrected chi connectivity index (χ3v) is 3.07. The fourth-order valence-electron chi connectivity index (χ4n) is 2.02. The molecule has 0 radical (unpaired) electrons. The fraction of sp³-hybridized carbons (Fsp3) is 0.400. The number of anilines is 1. The molecule has 0 aliphatic carbocycles. The molecule has 4 nitrogen and oxygen atoms in total. The van der Waals surface area contributed by atoms with Gasteiger partial charge in [-0.15, -0.1) is 0 Å². The van der Waals surface area contributed by atoms with Gasteiger partial charge in [0.1, 0.15) is 12.4 Å². The Hall–Kier alpha value is -1.97. The predicted molar refractivity (Wildman–Crippen MR) is 77.3 cm³/mol. The summed E-state index contributed by atoms with van der Waals surface area (Å²) in [4.78, 5) is 0. The Morgan fingerprint density at radius 1 is 1.21 bits per heavy atom. The zero-order valence-electron chi connectivity index (χ0n) is 11.6. The van der Waals surface area contributed by atoms with Crippen molar-refractivity contribution in [2.75, 3.05) is 12.3 Å². The van der Waals surface area contributed by atoms with Crippen molar-refractivity contribution in [2.24, 2.45) is 0 Å². The zero-order valence-corrected chi connectivity index (χ0v) is 11.6. The van der Waals surface area contributed by atoms with Crippen LogP contribution in [0.1, 0.15) is 25.2 Å². The van der Waals surface area contributed by atoms with E-state index in [-0.39, 0.29) is 0 Å². The van der Waals surface area contributed by atoms with Gasteiger partial charge in [0.05, 0.1) is 12.2 Å². The first-order valence-electron chi connectivity index (χ1n) is 6.76. The van der Waals surface area contributed by atoms with Crippen LogP contribution in [0.2, 0.25) is 0 Å². The molecule has 0 aliphatic rings. The van der Waals surface area contributed by atoms with Crippen molar-refractivity contribution < 1.29 is 4.74 Å². The number of ether oxygens (including phenoxy) is 1. The molecule has 2 N–H and O–H groups in total. The van der Waals surface area contributed by atoms with E-state index >= 15 is 0 Å². The topological polar surface area (TPSA) is 53.1 Å². The molecule has 0 aliphatic heterocycles. The van der Waals surface area contributed by atoms with Crippen LogP contribution < -0.4 is 10.5 Å². The smallest absolute Gasteiger partial charge is 0.121 e. The summed E-state index contributed by atoms with van der Waals surface area (Å²) in [7, 11) is 0. The van der Waals surface area contributed by atoms with Crippen LogP contribution in [0, 0.1) is 0 Å². The van der Waals surface area contributed by atoms with Gasteiger partial charge in [0, 0.05) is 17.4 Å². The molecule has 0 bridgehead atoms. The van der Waals surface area contributed by atoms with E-state index in [2.05, 4.69) is 25.0 Å². The highest BCUT2D eigenvalue weighted by Crippen LogP contribution is 2.14. The Labute approximate surface area is 114 Å². The van der Waals surface area contributed by atoms with Crippen LogP contribution in [0.15, 0.2) is 30.3 Å². The summed E-state index contributed by atoms with van der Waals surface area (Å²) < 4.78 is 7.73. The van der Waals surface area contributed by atoms with Crippen molar-refractivity contribution in [1.29, 1.82) is 0 Å². The standard InChI is InChI=1S/C15H21N3O/c1-3-13-11-14(4-2)18(17-13)8-9-19-15-7-5-6-12(16)10-15/h5-7,10-11H,3-4,8-9,16H2,1-2H3. The molecular formula is C15H21N3O. The summed E-state index contributed by atoms with van der Waals surface area (Å²) in [5, 5.41) is 4.56. The zero-order chi connectivity index (χ0) is 13.7. The van der Waals surface area contributed by atoms with E-state index in [1.54, 1.807) is 0 Å². The maximum Gasteiger partial charge on any atom is 0.121 e. The van der Waals surface area contributed by atoms with E-state index in [0.29, 0.717) is 6.61 Å². The van der Waals surface area contributed by atoms with E-state index in [0.717, 1.165) is 36.5 Å². The van der Waals surface area contributed by atoms with Gasteiger partial charge in [-0.05, 0) is 31.0 Å². The van der Waals surface area contributed by atoms with Crippen molar-refractivity contribution in [3.63, 3.8) is 0 Å². The molecule has 19 heavy (non-hydrogen) atoms. The first-order valence-corrected chi connectivity index (χ1v) is 6.76. The molecule has 0 amide bonds. The van der Waals surface area contributed by atoms with Gasteiger partial charge in [0.2, 0.25) is 0 Å². The van der Waals surface area contributed by atoms with E-state index in [4.69, 9.17) is 10.5 Å². The minimum Gasteiger partial charge on any atom is -0.492 e. The Balaban J connectivity index is 1.93. The summed E-state index contributed by atoms with van der Waals surface area (Å²) in [5.41, 5.74) is 8.83. The van der Waals surface area contributed by atoms with Gasteiger partial charge < -0.3 is 10.5 Å². The second-order valence-electron chi connectivity index (χ2n) is 4.48. The average Bonchev–Trinajstić information content (AvgIpc) is 2.81. The number of aromatic nitrogens is 2. The number of hydrogen-bond acceptors (Lipinski definition) is 3. The molecule has 2 rings (SSSR count). The predicted octanol–water partition coefficient (Wildman–Crippen LogP) is 2.67. The normalized spacial score (nSPS) is 10.6. The SMILES string of the molecule is CCc1cc(CC)n(CCOc2cccc(N)c2)n1. The second kappa shape index (κ2) is 6.27. The Kier molecular flexibility index (Phi) is 4.44. The largest absolute Gasteiger partial charge is 0.492 e. The molecule has 1 aromatic carbocycles. The number of benzene rings is 1. The molecule has 0 fully saturated rings. The van der Waals surface area contributed by atoms with Gasteiger partial charge in [-0.3, -0.25) is 4.68 Å². The van der Waals surface area contributed by atoms with E-state index in [1.165, 1.54) is 5.69 Å². The summed E-state index contributed by atoms with van der Waals surface area (Å²) in [6.45, 7) is 5.63. The van der Waals surface area contributed by atoms with E-state index < -0.39 is 0 Å². The van der Waals surface area contributed by atoms with Crippen molar-refractivity contribution in [1.82, 2.24) is 9.78 Å². The van der Waals surface area contributed by atoms with Crippen LogP contribution in [0.5, 0.6) is 5.75 Å². The van der Waals surface area contributed by atoms with Crippen molar-refractivity contribution in [2.45, 2.75) is 33.2 Å². The van der Waals surface area contributed by atoms with Crippen molar-refractivity contribution in [3.05, 3.63) is 41.7 Å². The molecule has 0 unspecified atom stereocenters. The van der Waals surface area contributed by atoms with Crippen LogP contribution in [0.3, 0.4) is 0 Å². The average molecular weight is 259 g/mol. The monoisotopic (exact) mass is 259 g/mol. The Morgan fingerprint density at radius 2 is 2.05 bits per heavy atom. The molecule has 102 valence electrons. The molecule has 0 spiro atoms. The van der Waals surface area contributed by atoms with Gasteiger partial charge in [-0.1, -0.05) is 19.9 Å². The molecule has 0 atom stereocenters. The molecule has 0 saturated carbocycles. The molecular weight excluding hydrogens is 238 g/mol. The fourth-order valence-corrected chi connectivity index (χ4v) is 2.02. The van der Waals surface area contributed by atoms with Crippen LogP contribution in [0.25, 0.3) is 0 Å². The van der Waals surface area contributed by atoms with Crippen LogP contribution in [0.4, 0.5) is 5.69 Å². The highest BCUT2D eigenvalue weighted by molar-refractivity contribution is 5.43. The van der Waals surface area contributed by atoms with Gasteiger partial charge in [-0.2, -0.15) is 5.10 Å². The van der Waals surface area contributed by atoms with E-state index in [1.807, 2.05) is 28.9 Å². The van der Waals surface area contributed by atoms with Crippen molar-refractivity contribution in [3.8, 4) is 5.75 Å². The molecule has 1 heterocycles. The third kappa shape index (κ3) is 3.50. The number of nitrogens with zero attached hydrogens (tertiary/aromatic N) is 2. The Morgan fingerprint density at radius 3 is 2.74 bits per heavy atom. The lowest BCUT2D eigenvalue weighted by Gasteiger charge is -2.08. The summed E-state index contributed by atoms with van der Waals surface area (Å²) in [5.74, 6) is 0.806. The van der Waals surface area contributed by atoms with Gasteiger partial charge in [-0.25, -0.2) is 0 Å². The maximum absolute atomic E-state index is 5.71. The number of rotatable bonds is 6. The summed E-state index contributed by atoms with van der Waals surface area (Å²) >= 11 is 0. The van der Waals surface area contributed by atoms with Crippen LogP contribution >= 0.6 is 0 Å². The molecule has 2 aromatic rings. The lowest BCUT2D eigenvalue weighted by molar-refractivity contribution is 0.289. The lowest BCUT2D eigenvalue weighted by atomic mass is 10.3. The Bertz CT molecular complexity index is 534. The third-order valence-electron chi connectivity index (χ3n) is 3.07. The quantitative estimate of drug-likeness (QED) is 0.811. The first-order chi connectivity index (χ1) is 9.22. The highest BCUT2D eigenvalue weighted by atomic mass is 16.5. The molecule has 1 aromatic heterocycles. The maximum atomic E-state index is 5.71. The van der Waals surface area contributed by atoms with E-state index in [9.17, 15) is 0 Å².